The number of rotatable bonds is 7. The number of methoxy groups -OCH3 is 2. The summed E-state index contributed by atoms with van der Waals surface area (Å²) in [7, 11) is 2.33. The van der Waals surface area contributed by atoms with Crippen molar-refractivity contribution in [2.24, 2.45) is 0 Å². The average molecular weight is 545 g/mol. The molecule has 8 nitrogen and oxygen atoms in total. The lowest BCUT2D eigenvalue weighted by Gasteiger charge is -2.46. The lowest BCUT2D eigenvalue weighted by molar-refractivity contribution is -0.159. The van der Waals surface area contributed by atoms with E-state index in [9.17, 15) is 18.8 Å². The highest BCUT2D eigenvalue weighted by Gasteiger charge is 2.63. The number of esters is 2. The SMILES string of the molecule is CCCCN1C(=O)[C@]2(O[C@@H](c3ccccc3)N(c3ccccc3)C(C(=O)OC)=C2C(=O)OC)c2cc(F)ccc21. The van der Waals surface area contributed by atoms with Crippen LogP contribution in [0.15, 0.2) is 90.1 Å². The van der Waals surface area contributed by atoms with E-state index >= 15 is 0 Å². The molecule has 1 amide bonds. The second-order valence-corrected chi connectivity index (χ2v) is 9.45. The van der Waals surface area contributed by atoms with Crippen molar-refractivity contribution in [1.29, 1.82) is 0 Å². The maximum absolute atomic E-state index is 14.9. The van der Waals surface area contributed by atoms with E-state index in [2.05, 4.69) is 0 Å². The van der Waals surface area contributed by atoms with Gasteiger partial charge >= 0.3 is 11.9 Å². The number of hydrogen-bond donors (Lipinski definition) is 0. The van der Waals surface area contributed by atoms with E-state index in [1.807, 2.05) is 13.0 Å². The molecule has 9 heteroatoms. The summed E-state index contributed by atoms with van der Waals surface area (Å²) in [4.78, 5) is 44.9. The molecule has 3 aromatic carbocycles. The van der Waals surface area contributed by atoms with Gasteiger partial charge in [0.25, 0.3) is 5.91 Å². The van der Waals surface area contributed by atoms with E-state index in [1.165, 1.54) is 35.1 Å². The van der Waals surface area contributed by atoms with Gasteiger partial charge in [0.2, 0.25) is 5.60 Å². The molecule has 206 valence electrons. The largest absolute Gasteiger partial charge is 0.465 e. The van der Waals surface area contributed by atoms with E-state index in [0.29, 0.717) is 29.9 Å². The molecule has 0 saturated carbocycles. The first kappa shape index (κ1) is 27.1. The number of amides is 1. The van der Waals surface area contributed by atoms with Crippen LogP contribution in [0.3, 0.4) is 0 Å². The van der Waals surface area contributed by atoms with Gasteiger partial charge in [0.15, 0.2) is 6.23 Å². The van der Waals surface area contributed by atoms with Crippen LogP contribution in [0.4, 0.5) is 15.8 Å². The number of carbonyl (C=O) groups is 3. The molecule has 2 heterocycles. The monoisotopic (exact) mass is 544 g/mol. The first-order chi connectivity index (χ1) is 19.4. The third-order valence-corrected chi connectivity index (χ3v) is 7.15. The number of benzene rings is 3. The number of carbonyl (C=O) groups excluding carboxylic acids is 3. The Morgan fingerprint density at radius 2 is 1.60 bits per heavy atom. The van der Waals surface area contributed by atoms with Gasteiger partial charge in [-0.2, -0.15) is 0 Å². The van der Waals surface area contributed by atoms with Gasteiger partial charge in [-0.05, 0) is 36.8 Å². The number of para-hydroxylation sites is 1. The second kappa shape index (κ2) is 10.9. The zero-order valence-corrected chi connectivity index (χ0v) is 22.4. The fourth-order valence-electron chi connectivity index (χ4n) is 5.34. The predicted molar refractivity (Wildman–Crippen MR) is 146 cm³/mol. The molecule has 5 rings (SSSR count). The summed E-state index contributed by atoms with van der Waals surface area (Å²) in [5, 5.41) is 0. The highest BCUT2D eigenvalue weighted by molar-refractivity contribution is 6.17. The van der Waals surface area contributed by atoms with Crippen molar-refractivity contribution >= 4 is 29.2 Å². The molecule has 2 atom stereocenters. The Bertz CT molecular complexity index is 1480. The summed E-state index contributed by atoms with van der Waals surface area (Å²) in [6, 6.07) is 21.7. The van der Waals surface area contributed by atoms with Crippen LogP contribution in [-0.2, 0) is 34.2 Å². The maximum atomic E-state index is 14.9. The topological polar surface area (TPSA) is 85.4 Å². The average Bonchev–Trinajstić information content (AvgIpc) is 3.21. The molecule has 0 radical (unpaired) electrons. The summed E-state index contributed by atoms with van der Waals surface area (Å²) in [6.07, 6.45) is 0.352. The zero-order valence-electron chi connectivity index (χ0n) is 22.4. The lowest BCUT2D eigenvalue weighted by atomic mass is 9.82. The third kappa shape index (κ3) is 4.23. The number of halogens is 1. The van der Waals surface area contributed by atoms with Crippen LogP contribution in [0.2, 0.25) is 0 Å². The van der Waals surface area contributed by atoms with Crippen molar-refractivity contribution in [3.05, 3.63) is 107 Å². The maximum Gasteiger partial charge on any atom is 0.355 e. The summed E-state index contributed by atoms with van der Waals surface area (Å²) >= 11 is 0. The minimum atomic E-state index is -2.19. The number of anilines is 2. The normalized spacial score (nSPS) is 20.1. The van der Waals surface area contributed by atoms with Crippen LogP contribution in [0.25, 0.3) is 0 Å². The van der Waals surface area contributed by atoms with Crippen molar-refractivity contribution in [2.75, 3.05) is 30.6 Å². The van der Waals surface area contributed by atoms with Crippen molar-refractivity contribution in [1.82, 2.24) is 0 Å². The molecule has 0 unspecified atom stereocenters. The molecule has 2 aliphatic heterocycles. The van der Waals surface area contributed by atoms with Crippen molar-refractivity contribution in [2.45, 2.75) is 31.6 Å². The van der Waals surface area contributed by atoms with Crippen LogP contribution >= 0.6 is 0 Å². The summed E-state index contributed by atoms with van der Waals surface area (Å²) in [5.74, 6) is -3.10. The minimum Gasteiger partial charge on any atom is -0.465 e. The molecule has 0 bridgehead atoms. The van der Waals surface area contributed by atoms with Crippen LogP contribution in [0, 0.1) is 5.82 Å². The van der Waals surface area contributed by atoms with E-state index in [4.69, 9.17) is 14.2 Å². The Morgan fingerprint density at radius 1 is 0.950 bits per heavy atom. The van der Waals surface area contributed by atoms with Crippen LogP contribution in [0.5, 0.6) is 0 Å². The molecule has 2 aliphatic rings. The predicted octanol–water partition coefficient (Wildman–Crippen LogP) is 5.00. The van der Waals surface area contributed by atoms with Gasteiger partial charge in [-0.3, -0.25) is 4.79 Å². The van der Waals surface area contributed by atoms with Crippen molar-refractivity contribution in [3.63, 3.8) is 0 Å². The van der Waals surface area contributed by atoms with Crippen LogP contribution in [-0.4, -0.2) is 38.6 Å². The Labute approximate surface area is 231 Å². The minimum absolute atomic E-state index is 0.115. The van der Waals surface area contributed by atoms with Gasteiger partial charge in [0.1, 0.15) is 17.1 Å². The molecular weight excluding hydrogens is 515 g/mol. The molecule has 40 heavy (non-hydrogen) atoms. The molecule has 0 saturated heterocycles. The second-order valence-electron chi connectivity index (χ2n) is 9.45. The molecular formula is C31H29FN2O6. The summed E-state index contributed by atoms with van der Waals surface area (Å²) in [5.41, 5.74) is -1.20. The van der Waals surface area contributed by atoms with Gasteiger partial charge < -0.3 is 24.0 Å². The van der Waals surface area contributed by atoms with E-state index in [-0.39, 0.29) is 16.8 Å². The number of ether oxygens (including phenoxy) is 3. The third-order valence-electron chi connectivity index (χ3n) is 7.15. The Hall–Kier alpha value is -4.50. The lowest BCUT2D eigenvalue weighted by Crippen LogP contribution is -2.55. The Morgan fingerprint density at radius 3 is 2.23 bits per heavy atom. The molecule has 0 aliphatic carbocycles. The van der Waals surface area contributed by atoms with E-state index < -0.39 is 35.5 Å². The molecule has 0 aromatic heterocycles. The smallest absolute Gasteiger partial charge is 0.355 e. The van der Waals surface area contributed by atoms with Gasteiger partial charge in [-0.15, -0.1) is 0 Å². The van der Waals surface area contributed by atoms with Crippen molar-refractivity contribution in [3.8, 4) is 0 Å². The van der Waals surface area contributed by atoms with E-state index in [0.717, 1.165) is 13.5 Å². The van der Waals surface area contributed by atoms with E-state index in [1.54, 1.807) is 54.6 Å². The molecule has 0 fully saturated rings. The highest BCUT2D eigenvalue weighted by atomic mass is 19.1. The Kier molecular flexibility index (Phi) is 7.40. The van der Waals surface area contributed by atoms with Gasteiger partial charge in [0, 0.05) is 23.4 Å². The van der Waals surface area contributed by atoms with Crippen LogP contribution < -0.4 is 9.80 Å². The van der Waals surface area contributed by atoms with Gasteiger partial charge in [-0.1, -0.05) is 61.9 Å². The van der Waals surface area contributed by atoms with Gasteiger partial charge in [-0.25, -0.2) is 14.0 Å². The first-order valence-electron chi connectivity index (χ1n) is 13.0. The number of fused-ring (bicyclic) bond motifs is 2. The molecule has 0 N–H and O–H groups in total. The van der Waals surface area contributed by atoms with Crippen molar-refractivity contribution < 1.29 is 33.0 Å². The zero-order chi connectivity index (χ0) is 28.4. The quantitative estimate of drug-likeness (QED) is 0.387. The Balaban J connectivity index is 1.91. The highest BCUT2D eigenvalue weighted by Crippen LogP contribution is 2.55. The fourth-order valence-corrected chi connectivity index (χ4v) is 5.34. The molecule has 3 aromatic rings. The number of nitrogens with zero attached hydrogens (tertiary/aromatic N) is 2. The molecule has 1 spiro atoms. The standard InChI is InChI=1S/C31H29FN2O6/c1-4-5-18-33-24-17-16-21(32)19-23(24)31(30(33)37)25(28(35)38-2)26(29(36)39-3)34(22-14-10-7-11-15-22)27(40-31)20-12-8-6-9-13-20/h6-17,19,27H,4-5,18H2,1-3H3/t27-,31-/m0/s1. The fraction of sp³-hybridized carbons (Fsp3) is 0.258. The van der Waals surface area contributed by atoms with Crippen LogP contribution in [0.1, 0.15) is 37.1 Å². The summed E-state index contributed by atoms with van der Waals surface area (Å²) < 4.78 is 32.0. The number of hydrogen-bond acceptors (Lipinski definition) is 7. The number of unbranched alkanes of at least 4 members (excludes halogenated alkanes) is 1. The van der Waals surface area contributed by atoms with Gasteiger partial charge in [0.05, 0.1) is 19.9 Å². The first-order valence-corrected chi connectivity index (χ1v) is 13.0. The summed E-state index contributed by atoms with van der Waals surface area (Å²) in [6.45, 7) is 2.29.